The zero-order valence-electron chi connectivity index (χ0n) is 46.3. The number of esters is 4. The third kappa shape index (κ3) is 43.5. The highest BCUT2D eigenvalue weighted by Crippen LogP contribution is 2.25. The Balaban J connectivity index is 5.15. The second kappa shape index (κ2) is 48.4. The van der Waals surface area contributed by atoms with Crippen molar-refractivity contribution in [3.8, 4) is 0 Å². The van der Waals surface area contributed by atoms with Crippen LogP contribution in [0.2, 0.25) is 0 Å². The van der Waals surface area contributed by atoms with Crippen LogP contribution >= 0.6 is 21.6 Å². The van der Waals surface area contributed by atoms with Crippen LogP contribution in [0.1, 0.15) is 214 Å². The number of rotatable bonds is 50. The molecule has 0 aliphatic carbocycles. The molecule has 416 valence electrons. The summed E-state index contributed by atoms with van der Waals surface area (Å²) in [5, 5.41) is 5.63. The van der Waals surface area contributed by atoms with Crippen molar-refractivity contribution in [2.75, 3.05) is 79.2 Å². The Bertz CT molecular complexity index is 1340. The topological polar surface area (TPSA) is 170 Å². The van der Waals surface area contributed by atoms with E-state index in [4.69, 9.17) is 18.9 Å². The fourth-order valence-corrected chi connectivity index (χ4v) is 10.4. The molecule has 0 rings (SSSR count). The Morgan fingerprint density at radius 2 is 0.761 bits per heavy atom. The van der Waals surface area contributed by atoms with Gasteiger partial charge in [0.2, 0.25) is 11.8 Å². The summed E-state index contributed by atoms with van der Waals surface area (Å²) < 4.78 is 22.3. The lowest BCUT2D eigenvalue weighted by atomic mass is 9.92. The molecule has 0 aromatic heterocycles. The summed E-state index contributed by atoms with van der Waals surface area (Å²) in [4.78, 5) is 81.8. The quantitative estimate of drug-likeness (QED) is 0.0255. The number of nitrogens with zero attached hydrogens (tertiary/aromatic N) is 2. The van der Waals surface area contributed by atoms with Gasteiger partial charge in [-0.15, -0.1) is 0 Å². The summed E-state index contributed by atoms with van der Waals surface area (Å²) in [6.45, 7) is 11.6. The summed E-state index contributed by atoms with van der Waals surface area (Å²) in [5.41, 5.74) is 0. The molecule has 2 amide bonds. The molecular formula is C55H104N4O10S2. The van der Waals surface area contributed by atoms with E-state index in [0.29, 0.717) is 50.7 Å². The van der Waals surface area contributed by atoms with Crippen LogP contribution in [0.5, 0.6) is 0 Å². The van der Waals surface area contributed by atoms with Gasteiger partial charge in [0.1, 0.15) is 12.1 Å². The van der Waals surface area contributed by atoms with Crippen LogP contribution < -0.4 is 10.6 Å². The van der Waals surface area contributed by atoms with Crippen LogP contribution in [0.15, 0.2) is 0 Å². The molecule has 0 fully saturated rings. The van der Waals surface area contributed by atoms with Gasteiger partial charge in [0, 0.05) is 43.9 Å². The Morgan fingerprint density at radius 3 is 1.15 bits per heavy atom. The Kier molecular flexibility index (Phi) is 46.6. The molecule has 0 aromatic rings. The fourth-order valence-electron chi connectivity index (χ4n) is 8.13. The minimum absolute atomic E-state index is 0.0950. The van der Waals surface area contributed by atoms with Crippen molar-refractivity contribution in [1.82, 2.24) is 20.4 Å². The van der Waals surface area contributed by atoms with Gasteiger partial charge in [-0.1, -0.05) is 171 Å². The van der Waals surface area contributed by atoms with Gasteiger partial charge in [-0.3, -0.25) is 19.2 Å². The van der Waals surface area contributed by atoms with Crippen LogP contribution in [0, 0.1) is 11.8 Å². The molecule has 71 heavy (non-hydrogen) atoms. The van der Waals surface area contributed by atoms with Gasteiger partial charge in [0.15, 0.2) is 0 Å². The van der Waals surface area contributed by atoms with Crippen molar-refractivity contribution in [2.24, 2.45) is 11.8 Å². The predicted molar refractivity (Wildman–Crippen MR) is 293 cm³/mol. The number of nitrogens with one attached hydrogen (secondary N) is 2. The molecule has 2 N–H and O–H groups in total. The van der Waals surface area contributed by atoms with Crippen molar-refractivity contribution in [3.05, 3.63) is 0 Å². The SMILES string of the molecule is CCCCCC(CCCCC)CCOC(=O)CCCCCCCC(=O)N[C@@H](CSSC[C@H](NC(=O)CCC(=O)OCCC(CCCCC)CCCCC)C(=O)OCCCN(C)C)C(=O)OCCCN(C)C. The molecule has 0 saturated carbocycles. The lowest BCUT2D eigenvalue weighted by Crippen LogP contribution is -2.44. The number of hydrogen-bond acceptors (Lipinski definition) is 14. The molecule has 0 aromatic carbocycles. The second-order valence-electron chi connectivity index (χ2n) is 20.0. The molecule has 2 atom stereocenters. The number of carbonyl (C=O) groups excluding carboxylic acids is 6. The minimum Gasteiger partial charge on any atom is -0.466 e. The molecule has 0 spiro atoms. The second-order valence-corrected chi connectivity index (χ2v) is 22.5. The number of amides is 2. The Labute approximate surface area is 440 Å². The van der Waals surface area contributed by atoms with E-state index in [1.165, 1.54) is 111 Å². The molecule has 0 bridgehead atoms. The molecule has 0 aliphatic rings. The molecule has 0 radical (unpaired) electrons. The Hall–Kier alpha value is -2.56. The molecule has 14 nitrogen and oxygen atoms in total. The lowest BCUT2D eigenvalue weighted by molar-refractivity contribution is -0.148. The predicted octanol–water partition coefficient (Wildman–Crippen LogP) is 11.3. The van der Waals surface area contributed by atoms with E-state index in [0.717, 1.165) is 64.5 Å². The minimum atomic E-state index is -0.989. The van der Waals surface area contributed by atoms with Crippen LogP contribution in [0.25, 0.3) is 0 Å². The molecular weight excluding hydrogens is 941 g/mol. The molecule has 0 saturated heterocycles. The molecule has 0 heterocycles. The lowest BCUT2D eigenvalue weighted by Gasteiger charge is -2.20. The zero-order valence-corrected chi connectivity index (χ0v) is 47.9. The van der Waals surface area contributed by atoms with Gasteiger partial charge in [-0.25, -0.2) is 9.59 Å². The Morgan fingerprint density at radius 1 is 0.394 bits per heavy atom. The zero-order chi connectivity index (χ0) is 52.7. The van der Waals surface area contributed by atoms with E-state index in [9.17, 15) is 28.8 Å². The van der Waals surface area contributed by atoms with E-state index in [1.807, 2.05) is 38.0 Å². The van der Waals surface area contributed by atoms with Gasteiger partial charge in [0.25, 0.3) is 0 Å². The third-order valence-corrected chi connectivity index (χ3v) is 15.0. The number of carbonyl (C=O) groups is 6. The van der Waals surface area contributed by atoms with Crippen molar-refractivity contribution in [3.63, 3.8) is 0 Å². The standard InChI is InChI=1S/C55H104N4O10S2/c1-9-13-20-28-46(29-21-14-10-2)36-42-66-52(62)33-25-19-17-18-24-32-50(60)56-48(54(64)68-40-26-38-58(5)6)44-70-71-45-49(55(65)69-41-27-39-59(7)8)57-51(61)34-35-53(63)67-43-37-47(30-22-15-11-3)31-23-16-12-4/h46-49H,9-45H2,1-8H3,(H,56,60)(H,57,61)/t48-,49-/m0/s1. The fraction of sp³-hybridized carbons (Fsp3) is 0.891. The van der Waals surface area contributed by atoms with E-state index >= 15 is 0 Å². The average molecular weight is 1050 g/mol. The molecule has 0 aliphatic heterocycles. The smallest absolute Gasteiger partial charge is 0.329 e. The van der Waals surface area contributed by atoms with Crippen LogP contribution in [0.4, 0.5) is 0 Å². The first-order valence-electron chi connectivity index (χ1n) is 28.0. The van der Waals surface area contributed by atoms with Crippen LogP contribution in [-0.2, 0) is 47.7 Å². The first-order chi connectivity index (χ1) is 34.3. The van der Waals surface area contributed by atoms with Crippen molar-refractivity contribution < 1.29 is 47.7 Å². The van der Waals surface area contributed by atoms with Gasteiger partial charge in [0.05, 0.1) is 32.8 Å². The van der Waals surface area contributed by atoms with E-state index in [1.54, 1.807) is 0 Å². The summed E-state index contributed by atoms with van der Waals surface area (Å²) in [7, 11) is 10.3. The normalized spacial score (nSPS) is 12.3. The first-order valence-corrected chi connectivity index (χ1v) is 30.5. The summed E-state index contributed by atoms with van der Waals surface area (Å²) >= 11 is 0. The van der Waals surface area contributed by atoms with Gasteiger partial charge >= 0.3 is 23.9 Å². The first kappa shape index (κ1) is 68.4. The van der Waals surface area contributed by atoms with Crippen LogP contribution in [-0.4, -0.2) is 137 Å². The number of ether oxygens (including phenoxy) is 4. The summed E-state index contributed by atoms with van der Waals surface area (Å²) in [6.07, 6.45) is 26.7. The van der Waals surface area contributed by atoms with Crippen molar-refractivity contribution in [2.45, 2.75) is 226 Å². The van der Waals surface area contributed by atoms with Gasteiger partial charge in [-0.05, 0) is 78.6 Å². The van der Waals surface area contributed by atoms with Crippen molar-refractivity contribution >= 4 is 57.3 Å². The summed E-state index contributed by atoms with van der Waals surface area (Å²) in [6, 6.07) is -1.90. The largest absolute Gasteiger partial charge is 0.466 e. The maximum absolute atomic E-state index is 13.3. The number of hydrogen-bond donors (Lipinski definition) is 2. The van der Waals surface area contributed by atoms with Gasteiger partial charge < -0.3 is 39.4 Å². The highest BCUT2D eigenvalue weighted by Gasteiger charge is 2.26. The van der Waals surface area contributed by atoms with E-state index in [2.05, 4.69) is 38.3 Å². The van der Waals surface area contributed by atoms with E-state index in [-0.39, 0.29) is 55.9 Å². The maximum atomic E-state index is 13.3. The monoisotopic (exact) mass is 1040 g/mol. The van der Waals surface area contributed by atoms with Crippen LogP contribution in [0.3, 0.4) is 0 Å². The number of unbranched alkanes of at least 4 members (excludes halogenated alkanes) is 12. The maximum Gasteiger partial charge on any atom is 0.329 e. The molecule has 16 heteroatoms. The van der Waals surface area contributed by atoms with Crippen molar-refractivity contribution in [1.29, 1.82) is 0 Å². The third-order valence-electron chi connectivity index (χ3n) is 12.6. The summed E-state index contributed by atoms with van der Waals surface area (Å²) in [5.74, 6) is -0.901. The molecule has 0 unspecified atom stereocenters. The average Bonchev–Trinajstić information content (AvgIpc) is 3.33. The highest BCUT2D eigenvalue weighted by atomic mass is 33.1. The van der Waals surface area contributed by atoms with Gasteiger partial charge in [-0.2, -0.15) is 0 Å². The van der Waals surface area contributed by atoms with E-state index < -0.39 is 35.9 Å². The highest BCUT2D eigenvalue weighted by molar-refractivity contribution is 8.76.